The third-order valence-corrected chi connectivity index (χ3v) is 6.58. The number of aromatic nitrogens is 2. The number of fused-ring (bicyclic) bond motifs is 1. The van der Waals surface area contributed by atoms with Crippen LogP contribution in [0.5, 0.6) is 0 Å². The molecule has 27 heavy (non-hydrogen) atoms. The molecule has 2 heterocycles. The summed E-state index contributed by atoms with van der Waals surface area (Å²) in [5, 5.41) is 3.79. The first kappa shape index (κ1) is 19.6. The van der Waals surface area contributed by atoms with Gasteiger partial charge in [0.25, 0.3) is 5.56 Å². The summed E-state index contributed by atoms with van der Waals surface area (Å²) < 4.78 is 1.69. The SMILES string of the molecule is Cc1sc2nc(S[C@H](C)C(=O)Nc3ccccc3)n(C(C)C)c(=O)c2c1C. The molecule has 142 valence electrons. The molecule has 7 heteroatoms. The van der Waals surface area contributed by atoms with Crippen molar-refractivity contribution in [3.63, 3.8) is 0 Å². The molecule has 3 rings (SSSR count). The zero-order chi connectivity index (χ0) is 19.7. The second-order valence-electron chi connectivity index (χ2n) is 6.74. The zero-order valence-electron chi connectivity index (χ0n) is 16.1. The van der Waals surface area contributed by atoms with Crippen molar-refractivity contribution in [3.8, 4) is 0 Å². The lowest BCUT2D eigenvalue weighted by Gasteiger charge is -2.18. The van der Waals surface area contributed by atoms with Gasteiger partial charge in [0.15, 0.2) is 5.16 Å². The van der Waals surface area contributed by atoms with Crippen molar-refractivity contribution in [2.24, 2.45) is 0 Å². The van der Waals surface area contributed by atoms with Gasteiger partial charge in [-0.05, 0) is 52.3 Å². The Balaban J connectivity index is 1.95. The van der Waals surface area contributed by atoms with Gasteiger partial charge < -0.3 is 5.32 Å². The maximum absolute atomic E-state index is 13.1. The number of carbonyl (C=O) groups is 1. The molecule has 0 aliphatic carbocycles. The summed E-state index contributed by atoms with van der Waals surface area (Å²) in [6, 6.07) is 9.31. The molecular formula is C20H23N3O2S2. The molecule has 0 spiro atoms. The highest BCUT2D eigenvalue weighted by molar-refractivity contribution is 8.00. The summed E-state index contributed by atoms with van der Waals surface area (Å²) in [6.45, 7) is 9.72. The molecule has 1 amide bonds. The number of carbonyl (C=O) groups excluding carboxylic acids is 1. The van der Waals surface area contributed by atoms with Crippen LogP contribution in [0.4, 0.5) is 5.69 Å². The van der Waals surface area contributed by atoms with Gasteiger partial charge >= 0.3 is 0 Å². The van der Waals surface area contributed by atoms with Crippen LogP contribution in [0.3, 0.4) is 0 Å². The monoisotopic (exact) mass is 401 g/mol. The number of nitrogens with one attached hydrogen (secondary N) is 1. The van der Waals surface area contributed by atoms with Crippen LogP contribution >= 0.6 is 23.1 Å². The van der Waals surface area contributed by atoms with Crippen LogP contribution in [0.2, 0.25) is 0 Å². The van der Waals surface area contributed by atoms with Crippen molar-refractivity contribution >= 4 is 44.9 Å². The Morgan fingerprint density at radius 2 is 1.85 bits per heavy atom. The van der Waals surface area contributed by atoms with Crippen molar-refractivity contribution in [1.82, 2.24) is 9.55 Å². The Bertz CT molecular complexity index is 1040. The molecule has 1 N–H and O–H groups in total. The fourth-order valence-electron chi connectivity index (χ4n) is 2.80. The molecule has 0 saturated carbocycles. The van der Waals surface area contributed by atoms with E-state index in [-0.39, 0.29) is 22.8 Å². The van der Waals surface area contributed by atoms with Gasteiger partial charge in [0.2, 0.25) is 5.91 Å². The number of thioether (sulfide) groups is 1. The van der Waals surface area contributed by atoms with Crippen molar-refractivity contribution in [1.29, 1.82) is 0 Å². The van der Waals surface area contributed by atoms with Crippen LogP contribution in [-0.2, 0) is 4.79 Å². The molecule has 0 aliphatic rings. The van der Waals surface area contributed by atoms with E-state index in [0.717, 1.165) is 21.0 Å². The normalized spacial score (nSPS) is 12.5. The molecule has 3 aromatic rings. The number of benzene rings is 1. The third-order valence-electron chi connectivity index (χ3n) is 4.41. The lowest BCUT2D eigenvalue weighted by Crippen LogP contribution is -2.28. The molecule has 0 bridgehead atoms. The molecular weight excluding hydrogens is 378 g/mol. The average molecular weight is 402 g/mol. The topological polar surface area (TPSA) is 64.0 Å². The van der Waals surface area contributed by atoms with Crippen molar-refractivity contribution in [3.05, 3.63) is 51.1 Å². The van der Waals surface area contributed by atoms with Gasteiger partial charge in [0, 0.05) is 16.6 Å². The Morgan fingerprint density at radius 1 is 1.19 bits per heavy atom. The second kappa shape index (κ2) is 7.86. The predicted molar refractivity (Wildman–Crippen MR) is 114 cm³/mol. The van der Waals surface area contributed by atoms with E-state index in [1.54, 1.807) is 4.57 Å². The van der Waals surface area contributed by atoms with Gasteiger partial charge in [-0.1, -0.05) is 30.0 Å². The number of rotatable bonds is 5. The van der Waals surface area contributed by atoms with E-state index >= 15 is 0 Å². The summed E-state index contributed by atoms with van der Waals surface area (Å²) in [7, 11) is 0. The highest BCUT2D eigenvalue weighted by Crippen LogP contribution is 2.31. The summed E-state index contributed by atoms with van der Waals surface area (Å²) in [6.07, 6.45) is 0. The van der Waals surface area contributed by atoms with Crippen molar-refractivity contribution in [2.45, 2.75) is 51.1 Å². The number of aryl methyl sites for hydroxylation is 2. The van der Waals surface area contributed by atoms with E-state index in [9.17, 15) is 9.59 Å². The molecule has 0 radical (unpaired) electrons. The van der Waals surface area contributed by atoms with Crippen LogP contribution in [-0.4, -0.2) is 20.7 Å². The van der Waals surface area contributed by atoms with Gasteiger partial charge in [-0.2, -0.15) is 0 Å². The van der Waals surface area contributed by atoms with Crippen LogP contribution < -0.4 is 10.9 Å². The van der Waals surface area contributed by atoms with E-state index < -0.39 is 0 Å². The Kier molecular flexibility index (Phi) is 5.72. The maximum atomic E-state index is 13.1. The van der Waals surface area contributed by atoms with Crippen LogP contribution in [0.15, 0.2) is 40.3 Å². The fraction of sp³-hybridized carbons (Fsp3) is 0.350. The Hall–Kier alpha value is -2.12. The summed E-state index contributed by atoms with van der Waals surface area (Å²) in [4.78, 5) is 32.2. The molecule has 0 unspecified atom stereocenters. The third kappa shape index (κ3) is 3.94. The Labute approximate surface area is 166 Å². The summed E-state index contributed by atoms with van der Waals surface area (Å²) in [5.41, 5.74) is 1.72. The van der Waals surface area contributed by atoms with E-state index in [1.807, 2.05) is 65.0 Å². The average Bonchev–Trinajstić information content (AvgIpc) is 2.89. The number of anilines is 1. The number of para-hydroxylation sites is 1. The summed E-state index contributed by atoms with van der Waals surface area (Å²) in [5.74, 6) is -0.116. The molecule has 0 fully saturated rings. The Morgan fingerprint density at radius 3 is 2.48 bits per heavy atom. The minimum Gasteiger partial charge on any atom is -0.325 e. The molecule has 1 atom stereocenters. The van der Waals surface area contributed by atoms with E-state index in [2.05, 4.69) is 5.32 Å². The minimum absolute atomic E-state index is 0.0324. The highest BCUT2D eigenvalue weighted by atomic mass is 32.2. The number of amides is 1. The minimum atomic E-state index is -0.387. The first-order valence-electron chi connectivity index (χ1n) is 8.84. The fourth-order valence-corrected chi connectivity index (χ4v) is 4.91. The van der Waals surface area contributed by atoms with E-state index in [1.165, 1.54) is 23.1 Å². The van der Waals surface area contributed by atoms with Crippen molar-refractivity contribution in [2.75, 3.05) is 5.32 Å². The summed E-state index contributed by atoms with van der Waals surface area (Å²) >= 11 is 2.84. The van der Waals surface area contributed by atoms with Crippen LogP contribution in [0.25, 0.3) is 10.2 Å². The first-order valence-corrected chi connectivity index (χ1v) is 10.5. The van der Waals surface area contributed by atoms with Gasteiger partial charge in [-0.3, -0.25) is 14.2 Å². The molecule has 0 aliphatic heterocycles. The molecule has 1 aromatic carbocycles. The highest BCUT2D eigenvalue weighted by Gasteiger charge is 2.22. The van der Waals surface area contributed by atoms with Crippen LogP contribution in [0, 0.1) is 13.8 Å². The number of hydrogen-bond acceptors (Lipinski definition) is 5. The lowest BCUT2D eigenvalue weighted by atomic mass is 10.2. The first-order chi connectivity index (χ1) is 12.8. The van der Waals surface area contributed by atoms with Gasteiger partial charge in [0.1, 0.15) is 4.83 Å². The number of hydrogen-bond donors (Lipinski definition) is 1. The molecule has 0 saturated heterocycles. The van der Waals surface area contributed by atoms with E-state index in [0.29, 0.717) is 10.5 Å². The zero-order valence-corrected chi connectivity index (χ0v) is 17.7. The number of nitrogens with zero attached hydrogens (tertiary/aromatic N) is 2. The van der Waals surface area contributed by atoms with Gasteiger partial charge in [-0.15, -0.1) is 11.3 Å². The van der Waals surface area contributed by atoms with Crippen molar-refractivity contribution < 1.29 is 4.79 Å². The maximum Gasteiger partial charge on any atom is 0.263 e. The standard InChI is InChI=1S/C20H23N3O2S2/c1-11(2)23-19(25)16-12(3)13(4)26-18(16)22-20(23)27-14(5)17(24)21-15-9-7-6-8-10-15/h6-11,14H,1-5H3,(H,21,24)/t14-/m1/s1. The number of thiophene rings is 1. The smallest absolute Gasteiger partial charge is 0.263 e. The predicted octanol–water partition coefficient (Wildman–Crippen LogP) is 4.78. The largest absolute Gasteiger partial charge is 0.325 e. The quantitative estimate of drug-likeness (QED) is 0.494. The molecule has 5 nitrogen and oxygen atoms in total. The van der Waals surface area contributed by atoms with Gasteiger partial charge in [0.05, 0.1) is 10.6 Å². The second-order valence-corrected chi connectivity index (χ2v) is 9.25. The molecule has 2 aromatic heterocycles. The lowest BCUT2D eigenvalue weighted by molar-refractivity contribution is -0.115. The van der Waals surface area contributed by atoms with E-state index in [4.69, 9.17) is 4.98 Å². The van der Waals surface area contributed by atoms with Gasteiger partial charge in [-0.25, -0.2) is 4.98 Å². The van der Waals surface area contributed by atoms with Crippen LogP contribution in [0.1, 0.15) is 37.3 Å².